The minimum absolute atomic E-state index is 0.000787. The third kappa shape index (κ3) is 2.94. The summed E-state index contributed by atoms with van der Waals surface area (Å²) in [5, 5.41) is 0. The summed E-state index contributed by atoms with van der Waals surface area (Å²) in [6, 6.07) is 5.84. The zero-order valence-electron chi connectivity index (χ0n) is 11.3. The molecule has 0 aliphatic heterocycles. The second-order valence-electron chi connectivity index (χ2n) is 5.81. The van der Waals surface area contributed by atoms with Gasteiger partial charge < -0.3 is 5.73 Å². The standard InChI is InChI=1S/C15H20F3N/c1-10-5-6-11(2)13(8-10)14(19)7-3-4-12(9-14)15(16,17)18/h5-6,8,12H,3-4,7,9,19H2,1-2H3. The highest BCUT2D eigenvalue weighted by atomic mass is 19.4. The largest absolute Gasteiger partial charge is 0.391 e. The van der Waals surface area contributed by atoms with E-state index >= 15 is 0 Å². The summed E-state index contributed by atoms with van der Waals surface area (Å²) in [7, 11) is 0. The van der Waals surface area contributed by atoms with E-state index in [9.17, 15) is 13.2 Å². The highest BCUT2D eigenvalue weighted by Crippen LogP contribution is 2.45. The number of rotatable bonds is 1. The van der Waals surface area contributed by atoms with Gasteiger partial charge in [-0.3, -0.25) is 0 Å². The molecule has 0 spiro atoms. The molecule has 0 amide bonds. The van der Waals surface area contributed by atoms with E-state index in [-0.39, 0.29) is 12.8 Å². The highest BCUT2D eigenvalue weighted by molar-refractivity contribution is 5.36. The molecule has 0 saturated heterocycles. The summed E-state index contributed by atoms with van der Waals surface area (Å²) >= 11 is 0. The van der Waals surface area contributed by atoms with Crippen molar-refractivity contribution in [3.05, 3.63) is 34.9 Å². The normalized spacial score (nSPS) is 28.4. The van der Waals surface area contributed by atoms with E-state index in [0.717, 1.165) is 16.7 Å². The van der Waals surface area contributed by atoms with Crippen LogP contribution in [-0.2, 0) is 5.54 Å². The van der Waals surface area contributed by atoms with Gasteiger partial charge in [-0.05, 0) is 44.2 Å². The minimum Gasteiger partial charge on any atom is -0.321 e. The Morgan fingerprint density at radius 1 is 1.26 bits per heavy atom. The van der Waals surface area contributed by atoms with Crippen molar-refractivity contribution in [2.24, 2.45) is 11.7 Å². The van der Waals surface area contributed by atoms with Crippen LogP contribution in [0.3, 0.4) is 0 Å². The zero-order valence-corrected chi connectivity index (χ0v) is 11.3. The smallest absolute Gasteiger partial charge is 0.321 e. The lowest BCUT2D eigenvalue weighted by molar-refractivity contribution is -0.187. The lowest BCUT2D eigenvalue weighted by Crippen LogP contribution is -2.45. The quantitative estimate of drug-likeness (QED) is 0.813. The fraction of sp³-hybridized carbons (Fsp3) is 0.600. The predicted octanol–water partition coefficient (Wildman–Crippen LogP) is 4.21. The van der Waals surface area contributed by atoms with Gasteiger partial charge in [0.2, 0.25) is 0 Å². The molecule has 1 aromatic carbocycles. The number of halogens is 3. The molecule has 1 fully saturated rings. The third-order valence-electron chi connectivity index (χ3n) is 4.18. The molecule has 106 valence electrons. The van der Waals surface area contributed by atoms with Gasteiger partial charge in [0.25, 0.3) is 0 Å². The van der Waals surface area contributed by atoms with Crippen LogP contribution in [0.15, 0.2) is 18.2 Å². The molecule has 0 bridgehead atoms. The first-order chi connectivity index (χ1) is 8.72. The van der Waals surface area contributed by atoms with Crippen LogP contribution in [0.1, 0.15) is 42.4 Å². The molecule has 19 heavy (non-hydrogen) atoms. The Labute approximate surface area is 112 Å². The molecule has 2 unspecified atom stereocenters. The molecule has 2 rings (SSSR count). The monoisotopic (exact) mass is 271 g/mol. The molecule has 4 heteroatoms. The molecular formula is C15H20F3N. The fourth-order valence-corrected chi connectivity index (χ4v) is 3.10. The summed E-state index contributed by atoms with van der Waals surface area (Å²) in [5.41, 5.74) is 8.40. The Hall–Kier alpha value is -1.03. The molecule has 0 radical (unpaired) electrons. The average Bonchev–Trinajstić information content (AvgIpc) is 2.31. The number of hydrogen-bond acceptors (Lipinski definition) is 1. The van der Waals surface area contributed by atoms with E-state index in [4.69, 9.17) is 5.73 Å². The maximum atomic E-state index is 12.9. The van der Waals surface area contributed by atoms with E-state index < -0.39 is 17.6 Å². The lowest BCUT2D eigenvalue weighted by atomic mass is 9.71. The van der Waals surface area contributed by atoms with Gasteiger partial charge >= 0.3 is 6.18 Å². The highest BCUT2D eigenvalue weighted by Gasteiger charge is 2.47. The summed E-state index contributed by atoms with van der Waals surface area (Å²) in [6.45, 7) is 3.86. The molecule has 2 atom stereocenters. The van der Waals surface area contributed by atoms with Crippen molar-refractivity contribution in [1.82, 2.24) is 0 Å². The Kier molecular flexibility index (Phi) is 3.65. The summed E-state index contributed by atoms with van der Waals surface area (Å²) in [5.74, 6) is -1.27. The first-order valence-corrected chi connectivity index (χ1v) is 6.66. The van der Waals surface area contributed by atoms with Gasteiger partial charge in [-0.15, -0.1) is 0 Å². The topological polar surface area (TPSA) is 26.0 Å². The van der Waals surface area contributed by atoms with E-state index in [2.05, 4.69) is 0 Å². The molecule has 1 aliphatic rings. The zero-order chi connectivity index (χ0) is 14.3. The first kappa shape index (κ1) is 14.4. The SMILES string of the molecule is Cc1ccc(C)c(C2(N)CCCC(C(F)(F)F)C2)c1. The number of nitrogens with two attached hydrogens (primary N) is 1. The summed E-state index contributed by atoms with van der Waals surface area (Å²) in [4.78, 5) is 0. The Morgan fingerprint density at radius 3 is 2.58 bits per heavy atom. The predicted molar refractivity (Wildman–Crippen MR) is 69.8 cm³/mol. The molecule has 1 aliphatic carbocycles. The summed E-state index contributed by atoms with van der Waals surface area (Å²) in [6.07, 6.45) is -2.77. The van der Waals surface area contributed by atoms with Crippen molar-refractivity contribution in [2.45, 2.75) is 51.2 Å². The van der Waals surface area contributed by atoms with E-state index in [1.807, 2.05) is 32.0 Å². The van der Waals surface area contributed by atoms with Crippen molar-refractivity contribution >= 4 is 0 Å². The van der Waals surface area contributed by atoms with Crippen LogP contribution in [0, 0.1) is 19.8 Å². The maximum absolute atomic E-state index is 12.9. The number of aryl methyl sites for hydroxylation is 2. The molecule has 1 aromatic rings. The second kappa shape index (κ2) is 4.82. The van der Waals surface area contributed by atoms with Gasteiger partial charge in [0.15, 0.2) is 0 Å². The van der Waals surface area contributed by atoms with Gasteiger partial charge in [0, 0.05) is 5.54 Å². The van der Waals surface area contributed by atoms with E-state index in [1.54, 1.807) is 0 Å². The van der Waals surface area contributed by atoms with E-state index in [0.29, 0.717) is 12.8 Å². The lowest BCUT2D eigenvalue weighted by Gasteiger charge is -2.40. The van der Waals surface area contributed by atoms with Crippen LogP contribution in [0.4, 0.5) is 13.2 Å². The van der Waals surface area contributed by atoms with Crippen LogP contribution in [0.25, 0.3) is 0 Å². The molecule has 0 aromatic heterocycles. The molecule has 1 nitrogen and oxygen atoms in total. The van der Waals surface area contributed by atoms with Crippen molar-refractivity contribution in [2.75, 3.05) is 0 Å². The Balaban J connectivity index is 2.34. The Morgan fingerprint density at radius 2 is 1.95 bits per heavy atom. The van der Waals surface area contributed by atoms with Crippen LogP contribution < -0.4 is 5.73 Å². The minimum atomic E-state index is -4.14. The van der Waals surface area contributed by atoms with Crippen LogP contribution in [-0.4, -0.2) is 6.18 Å². The second-order valence-corrected chi connectivity index (χ2v) is 5.81. The van der Waals surface area contributed by atoms with Gasteiger partial charge in [0.05, 0.1) is 5.92 Å². The number of alkyl halides is 3. The van der Waals surface area contributed by atoms with Gasteiger partial charge in [-0.25, -0.2) is 0 Å². The van der Waals surface area contributed by atoms with Gasteiger partial charge in [0.1, 0.15) is 0 Å². The Bertz CT molecular complexity index is 467. The molecule has 1 saturated carbocycles. The van der Waals surface area contributed by atoms with E-state index in [1.165, 1.54) is 0 Å². The molecular weight excluding hydrogens is 251 g/mol. The summed E-state index contributed by atoms with van der Waals surface area (Å²) < 4.78 is 38.8. The van der Waals surface area contributed by atoms with Crippen LogP contribution in [0.2, 0.25) is 0 Å². The first-order valence-electron chi connectivity index (χ1n) is 6.66. The van der Waals surface area contributed by atoms with Crippen molar-refractivity contribution < 1.29 is 13.2 Å². The van der Waals surface area contributed by atoms with Gasteiger partial charge in [-0.2, -0.15) is 13.2 Å². The fourth-order valence-electron chi connectivity index (χ4n) is 3.10. The van der Waals surface area contributed by atoms with Crippen molar-refractivity contribution in [3.63, 3.8) is 0 Å². The van der Waals surface area contributed by atoms with Crippen LogP contribution >= 0.6 is 0 Å². The number of hydrogen-bond donors (Lipinski definition) is 1. The maximum Gasteiger partial charge on any atom is 0.391 e. The average molecular weight is 271 g/mol. The van der Waals surface area contributed by atoms with Gasteiger partial charge in [-0.1, -0.05) is 30.2 Å². The third-order valence-corrected chi connectivity index (χ3v) is 4.18. The van der Waals surface area contributed by atoms with Crippen molar-refractivity contribution in [3.8, 4) is 0 Å². The molecule has 2 N–H and O–H groups in total. The van der Waals surface area contributed by atoms with Crippen molar-refractivity contribution in [1.29, 1.82) is 0 Å². The molecule has 0 heterocycles. The van der Waals surface area contributed by atoms with Crippen LogP contribution in [0.5, 0.6) is 0 Å². The number of benzene rings is 1.